The Labute approximate surface area is 121 Å². The maximum absolute atomic E-state index is 11.5. The number of nitrogens with one attached hydrogen (secondary N) is 2. The van der Waals surface area contributed by atoms with E-state index in [-0.39, 0.29) is 24.4 Å². The van der Waals surface area contributed by atoms with Crippen molar-refractivity contribution in [3.63, 3.8) is 0 Å². The highest BCUT2D eigenvalue weighted by atomic mass is 35.5. The average Bonchev–Trinajstić information content (AvgIpc) is 2.34. The van der Waals surface area contributed by atoms with Gasteiger partial charge in [-0.25, -0.2) is 0 Å². The molecule has 0 aliphatic rings. The van der Waals surface area contributed by atoms with E-state index in [0.717, 1.165) is 5.75 Å². The third-order valence-corrected chi connectivity index (χ3v) is 2.50. The van der Waals surface area contributed by atoms with E-state index in [0.29, 0.717) is 19.6 Å². The molecule has 0 saturated carbocycles. The van der Waals surface area contributed by atoms with E-state index in [1.54, 1.807) is 0 Å². The Morgan fingerprint density at radius 1 is 1.42 bits per heavy atom. The number of amides is 1. The van der Waals surface area contributed by atoms with Gasteiger partial charge in [-0.05, 0) is 38.6 Å². The summed E-state index contributed by atoms with van der Waals surface area (Å²) in [5.41, 5.74) is 1.17. The van der Waals surface area contributed by atoms with E-state index in [2.05, 4.69) is 10.6 Å². The van der Waals surface area contributed by atoms with Gasteiger partial charge in [0.2, 0.25) is 5.91 Å². The van der Waals surface area contributed by atoms with Gasteiger partial charge in [-0.2, -0.15) is 0 Å². The van der Waals surface area contributed by atoms with Gasteiger partial charge in [0.05, 0.1) is 6.04 Å². The second-order valence-electron chi connectivity index (χ2n) is 4.45. The van der Waals surface area contributed by atoms with Crippen molar-refractivity contribution in [2.24, 2.45) is 0 Å². The molecule has 1 atom stereocenters. The number of ether oxygens (including phenoxy) is 1. The molecule has 0 fully saturated rings. The van der Waals surface area contributed by atoms with Crippen molar-refractivity contribution in [3.8, 4) is 5.75 Å². The number of hydrogen-bond donors (Lipinski definition) is 2. The highest BCUT2D eigenvalue weighted by molar-refractivity contribution is 5.85. The van der Waals surface area contributed by atoms with Crippen molar-refractivity contribution in [3.05, 3.63) is 29.8 Å². The van der Waals surface area contributed by atoms with Gasteiger partial charge in [0.1, 0.15) is 12.4 Å². The predicted octanol–water partition coefficient (Wildman–Crippen LogP) is 1.91. The van der Waals surface area contributed by atoms with Crippen LogP contribution in [0.2, 0.25) is 0 Å². The summed E-state index contributed by atoms with van der Waals surface area (Å²) in [5.74, 6) is 0.885. The maximum Gasteiger partial charge on any atom is 0.221 e. The van der Waals surface area contributed by atoms with E-state index >= 15 is 0 Å². The van der Waals surface area contributed by atoms with Crippen LogP contribution in [-0.2, 0) is 4.79 Å². The Balaban J connectivity index is 0.00000324. The Kier molecular flexibility index (Phi) is 9.00. The van der Waals surface area contributed by atoms with Crippen molar-refractivity contribution < 1.29 is 9.53 Å². The first-order chi connectivity index (χ1) is 8.61. The molecule has 4 nitrogen and oxygen atoms in total. The number of carbonyl (C=O) groups excluding carboxylic acids is 1. The summed E-state index contributed by atoms with van der Waals surface area (Å²) in [4.78, 5) is 11.5. The standard InChI is InChI=1S/C14H22N2O2.ClH/c1-11-5-4-6-13(9-11)18-10-12(2)16-14(17)7-8-15-3;/h4-6,9,12,15H,7-8,10H2,1-3H3,(H,16,17);1H. The minimum absolute atomic E-state index is 0. The molecule has 0 aliphatic carbocycles. The highest BCUT2D eigenvalue weighted by Crippen LogP contribution is 2.12. The molecule has 1 rings (SSSR count). The van der Waals surface area contributed by atoms with Gasteiger partial charge < -0.3 is 15.4 Å². The topological polar surface area (TPSA) is 50.4 Å². The molecule has 1 aromatic carbocycles. The van der Waals surface area contributed by atoms with E-state index in [9.17, 15) is 4.79 Å². The average molecular weight is 287 g/mol. The lowest BCUT2D eigenvalue weighted by atomic mass is 10.2. The number of benzene rings is 1. The van der Waals surface area contributed by atoms with E-state index in [1.165, 1.54) is 5.56 Å². The summed E-state index contributed by atoms with van der Waals surface area (Å²) < 4.78 is 5.62. The molecule has 1 amide bonds. The Hall–Kier alpha value is -1.26. The van der Waals surface area contributed by atoms with Crippen LogP contribution in [-0.4, -0.2) is 32.1 Å². The first kappa shape index (κ1) is 17.7. The van der Waals surface area contributed by atoms with Gasteiger partial charge in [0.25, 0.3) is 0 Å². The van der Waals surface area contributed by atoms with Crippen LogP contribution in [0.25, 0.3) is 0 Å². The second kappa shape index (κ2) is 9.64. The largest absolute Gasteiger partial charge is 0.491 e. The van der Waals surface area contributed by atoms with Gasteiger partial charge in [-0.3, -0.25) is 4.79 Å². The van der Waals surface area contributed by atoms with Crippen molar-refractivity contribution in [2.45, 2.75) is 26.3 Å². The zero-order valence-electron chi connectivity index (χ0n) is 11.7. The molecule has 19 heavy (non-hydrogen) atoms. The second-order valence-corrected chi connectivity index (χ2v) is 4.45. The van der Waals surface area contributed by atoms with Gasteiger partial charge in [0, 0.05) is 13.0 Å². The molecule has 5 heteroatoms. The summed E-state index contributed by atoms with van der Waals surface area (Å²) in [6.45, 7) is 5.13. The van der Waals surface area contributed by atoms with E-state index in [4.69, 9.17) is 4.74 Å². The molecule has 0 bridgehead atoms. The van der Waals surface area contributed by atoms with E-state index in [1.807, 2.05) is 45.2 Å². The molecule has 0 aliphatic heterocycles. The summed E-state index contributed by atoms with van der Waals surface area (Å²) in [7, 11) is 1.83. The van der Waals surface area contributed by atoms with Crippen molar-refractivity contribution in [2.75, 3.05) is 20.2 Å². The SMILES string of the molecule is CNCCC(=O)NC(C)COc1cccc(C)c1.Cl. The van der Waals surface area contributed by atoms with Gasteiger partial charge in [-0.15, -0.1) is 12.4 Å². The van der Waals surface area contributed by atoms with Gasteiger partial charge >= 0.3 is 0 Å². The Bertz CT molecular complexity index is 385. The molecule has 0 saturated heterocycles. The highest BCUT2D eigenvalue weighted by Gasteiger charge is 2.07. The maximum atomic E-state index is 11.5. The number of hydrogen-bond acceptors (Lipinski definition) is 3. The monoisotopic (exact) mass is 286 g/mol. The van der Waals surface area contributed by atoms with Crippen LogP contribution in [0.15, 0.2) is 24.3 Å². The molecule has 0 heterocycles. The smallest absolute Gasteiger partial charge is 0.221 e. The first-order valence-corrected chi connectivity index (χ1v) is 6.25. The molecule has 2 N–H and O–H groups in total. The van der Waals surface area contributed by atoms with Crippen LogP contribution in [0.1, 0.15) is 18.9 Å². The lowest BCUT2D eigenvalue weighted by Crippen LogP contribution is -2.37. The minimum Gasteiger partial charge on any atom is -0.491 e. The normalized spacial score (nSPS) is 11.3. The lowest BCUT2D eigenvalue weighted by Gasteiger charge is -2.15. The van der Waals surface area contributed by atoms with Crippen molar-refractivity contribution in [1.82, 2.24) is 10.6 Å². The van der Waals surface area contributed by atoms with Gasteiger partial charge in [0.15, 0.2) is 0 Å². The van der Waals surface area contributed by atoms with Crippen LogP contribution in [0.4, 0.5) is 0 Å². The number of rotatable bonds is 7. The Morgan fingerprint density at radius 2 is 2.16 bits per heavy atom. The van der Waals surface area contributed by atoms with Crippen molar-refractivity contribution in [1.29, 1.82) is 0 Å². The quantitative estimate of drug-likeness (QED) is 0.805. The van der Waals surface area contributed by atoms with Crippen LogP contribution >= 0.6 is 12.4 Å². The Morgan fingerprint density at radius 3 is 2.79 bits per heavy atom. The summed E-state index contributed by atoms with van der Waals surface area (Å²) in [6, 6.07) is 7.89. The van der Waals surface area contributed by atoms with Crippen LogP contribution < -0.4 is 15.4 Å². The molecule has 108 valence electrons. The van der Waals surface area contributed by atoms with Crippen LogP contribution in [0.5, 0.6) is 5.75 Å². The molecular weight excluding hydrogens is 264 g/mol. The number of carbonyl (C=O) groups is 1. The lowest BCUT2D eigenvalue weighted by molar-refractivity contribution is -0.121. The molecule has 1 unspecified atom stereocenters. The summed E-state index contributed by atoms with van der Waals surface area (Å²) in [6.07, 6.45) is 0.491. The fourth-order valence-electron chi connectivity index (χ4n) is 1.55. The minimum atomic E-state index is 0. The predicted molar refractivity (Wildman–Crippen MR) is 80.1 cm³/mol. The number of aryl methyl sites for hydroxylation is 1. The van der Waals surface area contributed by atoms with Gasteiger partial charge in [-0.1, -0.05) is 12.1 Å². The first-order valence-electron chi connectivity index (χ1n) is 6.25. The third-order valence-electron chi connectivity index (χ3n) is 2.50. The third kappa shape index (κ3) is 7.70. The van der Waals surface area contributed by atoms with Crippen molar-refractivity contribution >= 4 is 18.3 Å². The fraction of sp³-hybridized carbons (Fsp3) is 0.500. The molecular formula is C14H23ClN2O2. The summed E-state index contributed by atoms with van der Waals surface area (Å²) >= 11 is 0. The fourth-order valence-corrected chi connectivity index (χ4v) is 1.55. The molecule has 0 aromatic heterocycles. The zero-order valence-corrected chi connectivity index (χ0v) is 12.5. The van der Waals surface area contributed by atoms with Crippen LogP contribution in [0.3, 0.4) is 0 Å². The zero-order chi connectivity index (χ0) is 13.4. The molecule has 1 aromatic rings. The van der Waals surface area contributed by atoms with Crippen LogP contribution in [0, 0.1) is 6.92 Å². The molecule has 0 spiro atoms. The molecule has 0 radical (unpaired) electrons. The summed E-state index contributed by atoms with van der Waals surface area (Å²) in [5, 5.41) is 5.84. The number of halogens is 1. The van der Waals surface area contributed by atoms with E-state index < -0.39 is 0 Å².